The van der Waals surface area contributed by atoms with Crippen LogP contribution >= 0.6 is 34.2 Å². The van der Waals surface area contributed by atoms with Gasteiger partial charge in [-0.05, 0) is 53.6 Å². The van der Waals surface area contributed by atoms with E-state index in [1.165, 1.54) is 0 Å². The highest BCUT2D eigenvalue weighted by Crippen LogP contribution is 2.26. The summed E-state index contributed by atoms with van der Waals surface area (Å²) in [6.07, 6.45) is 0.0821. The van der Waals surface area contributed by atoms with E-state index < -0.39 is 6.10 Å². The molecule has 1 unspecified atom stereocenters. The Bertz CT molecular complexity index is 349. The lowest BCUT2D eigenvalue weighted by atomic mass is 10.0. The molecular formula is C11H12ClIO. The topological polar surface area (TPSA) is 20.2 Å². The summed E-state index contributed by atoms with van der Waals surface area (Å²) >= 11 is 8.11. The van der Waals surface area contributed by atoms with Crippen LogP contribution in [0.2, 0.25) is 5.02 Å². The first kappa shape index (κ1) is 12.0. The molecule has 0 heterocycles. The van der Waals surface area contributed by atoms with Crippen LogP contribution in [0, 0.1) is 3.57 Å². The summed E-state index contributed by atoms with van der Waals surface area (Å²) in [5.41, 5.74) is 1.81. The van der Waals surface area contributed by atoms with Gasteiger partial charge in [-0.1, -0.05) is 23.2 Å². The third kappa shape index (κ3) is 3.26. The average Bonchev–Trinajstić information content (AvgIpc) is 2.08. The highest BCUT2D eigenvalue weighted by Gasteiger charge is 2.08. The molecule has 1 aromatic carbocycles. The van der Waals surface area contributed by atoms with E-state index in [4.69, 9.17) is 11.6 Å². The largest absolute Gasteiger partial charge is 0.388 e. The van der Waals surface area contributed by atoms with Crippen LogP contribution in [0.25, 0.3) is 0 Å². The maximum absolute atomic E-state index is 9.78. The number of halogens is 2. The number of rotatable bonds is 3. The van der Waals surface area contributed by atoms with Crippen LogP contribution in [0.15, 0.2) is 30.4 Å². The van der Waals surface area contributed by atoms with Gasteiger partial charge in [-0.2, -0.15) is 0 Å². The third-order valence-electron chi connectivity index (χ3n) is 1.87. The van der Waals surface area contributed by atoms with Crippen molar-refractivity contribution in [3.05, 3.63) is 44.5 Å². The number of aliphatic hydroxyl groups is 1. The van der Waals surface area contributed by atoms with Crippen LogP contribution in [-0.2, 0) is 0 Å². The second-order valence-corrected chi connectivity index (χ2v) is 4.92. The van der Waals surface area contributed by atoms with Crippen molar-refractivity contribution in [3.8, 4) is 0 Å². The average molecular weight is 323 g/mol. The number of benzene rings is 1. The Morgan fingerprint density at radius 2 is 2.29 bits per heavy atom. The SMILES string of the molecule is C=C(C)CC(O)c1ccc(I)c(Cl)c1. The molecule has 0 spiro atoms. The van der Waals surface area contributed by atoms with E-state index in [2.05, 4.69) is 29.2 Å². The van der Waals surface area contributed by atoms with E-state index in [1.807, 2.05) is 19.1 Å². The number of hydrogen-bond donors (Lipinski definition) is 1. The zero-order chi connectivity index (χ0) is 10.7. The smallest absolute Gasteiger partial charge is 0.0827 e. The van der Waals surface area contributed by atoms with E-state index >= 15 is 0 Å². The maximum Gasteiger partial charge on any atom is 0.0827 e. The van der Waals surface area contributed by atoms with Crippen molar-refractivity contribution in [1.82, 2.24) is 0 Å². The quantitative estimate of drug-likeness (QED) is 0.660. The van der Waals surface area contributed by atoms with Crippen molar-refractivity contribution >= 4 is 34.2 Å². The van der Waals surface area contributed by atoms with Crippen molar-refractivity contribution < 1.29 is 5.11 Å². The highest BCUT2D eigenvalue weighted by atomic mass is 127. The van der Waals surface area contributed by atoms with E-state index in [9.17, 15) is 5.11 Å². The van der Waals surface area contributed by atoms with Crippen molar-refractivity contribution in [2.75, 3.05) is 0 Å². The minimum absolute atomic E-state index is 0.498. The Kier molecular flexibility index (Phi) is 4.41. The van der Waals surface area contributed by atoms with Crippen molar-refractivity contribution in [2.24, 2.45) is 0 Å². The molecule has 1 N–H and O–H groups in total. The van der Waals surface area contributed by atoms with Gasteiger partial charge in [0.1, 0.15) is 0 Å². The number of hydrogen-bond acceptors (Lipinski definition) is 1. The molecule has 1 atom stereocenters. The molecular weight excluding hydrogens is 310 g/mol. The fourth-order valence-electron chi connectivity index (χ4n) is 1.17. The minimum Gasteiger partial charge on any atom is -0.388 e. The predicted molar refractivity (Wildman–Crippen MR) is 68.6 cm³/mol. The predicted octanol–water partition coefficient (Wildman–Crippen LogP) is 3.94. The van der Waals surface area contributed by atoms with Gasteiger partial charge in [-0.3, -0.25) is 0 Å². The maximum atomic E-state index is 9.78. The van der Waals surface area contributed by atoms with Crippen LogP contribution in [0.1, 0.15) is 25.0 Å². The highest BCUT2D eigenvalue weighted by molar-refractivity contribution is 14.1. The summed E-state index contributed by atoms with van der Waals surface area (Å²) in [5, 5.41) is 10.5. The van der Waals surface area contributed by atoms with Gasteiger partial charge in [0.05, 0.1) is 11.1 Å². The van der Waals surface area contributed by atoms with Crippen LogP contribution in [0.4, 0.5) is 0 Å². The van der Waals surface area contributed by atoms with Gasteiger partial charge < -0.3 is 5.11 Å². The van der Waals surface area contributed by atoms with Crippen molar-refractivity contribution in [2.45, 2.75) is 19.4 Å². The molecule has 3 heteroatoms. The third-order valence-corrected chi connectivity index (χ3v) is 3.44. The first-order valence-electron chi connectivity index (χ1n) is 4.28. The van der Waals surface area contributed by atoms with Crippen molar-refractivity contribution in [3.63, 3.8) is 0 Å². The lowest BCUT2D eigenvalue weighted by molar-refractivity contribution is 0.178. The van der Waals surface area contributed by atoms with Gasteiger partial charge in [0.2, 0.25) is 0 Å². The van der Waals surface area contributed by atoms with Crippen LogP contribution < -0.4 is 0 Å². The van der Waals surface area contributed by atoms with Gasteiger partial charge in [-0.25, -0.2) is 0 Å². The number of aliphatic hydroxyl groups excluding tert-OH is 1. The molecule has 1 rings (SSSR count). The molecule has 0 aromatic heterocycles. The van der Waals surface area contributed by atoms with Gasteiger partial charge in [0, 0.05) is 3.57 Å². The van der Waals surface area contributed by atoms with E-state index in [0.29, 0.717) is 11.4 Å². The molecule has 0 aliphatic rings. The molecule has 14 heavy (non-hydrogen) atoms. The van der Waals surface area contributed by atoms with Gasteiger partial charge >= 0.3 is 0 Å². The molecule has 0 bridgehead atoms. The van der Waals surface area contributed by atoms with Crippen LogP contribution in [0.3, 0.4) is 0 Å². The summed E-state index contributed by atoms with van der Waals surface area (Å²) in [6, 6.07) is 5.60. The standard InChI is InChI=1S/C11H12ClIO/c1-7(2)5-11(14)8-3-4-10(13)9(12)6-8/h3-4,6,11,14H,1,5H2,2H3. The molecule has 0 amide bonds. The second-order valence-electron chi connectivity index (χ2n) is 3.35. The molecule has 1 aromatic rings. The first-order valence-corrected chi connectivity index (χ1v) is 5.73. The first-order chi connectivity index (χ1) is 6.50. The summed E-state index contributed by atoms with van der Waals surface area (Å²) in [4.78, 5) is 0. The summed E-state index contributed by atoms with van der Waals surface area (Å²) < 4.78 is 0.996. The fraction of sp³-hybridized carbons (Fsp3) is 0.273. The van der Waals surface area contributed by atoms with Gasteiger partial charge in [0.15, 0.2) is 0 Å². The molecule has 0 saturated carbocycles. The lowest BCUT2D eigenvalue weighted by Crippen LogP contribution is -1.97. The zero-order valence-electron chi connectivity index (χ0n) is 7.93. The van der Waals surface area contributed by atoms with Gasteiger partial charge in [0.25, 0.3) is 0 Å². The normalized spacial score (nSPS) is 12.6. The molecule has 0 fully saturated rings. The van der Waals surface area contributed by atoms with E-state index in [-0.39, 0.29) is 0 Å². The lowest BCUT2D eigenvalue weighted by Gasteiger charge is -2.11. The van der Waals surface area contributed by atoms with Crippen LogP contribution in [0.5, 0.6) is 0 Å². The monoisotopic (exact) mass is 322 g/mol. The van der Waals surface area contributed by atoms with Crippen LogP contribution in [-0.4, -0.2) is 5.11 Å². The summed E-state index contributed by atoms with van der Waals surface area (Å²) in [5.74, 6) is 0. The Labute approximate surface area is 103 Å². The zero-order valence-corrected chi connectivity index (χ0v) is 10.8. The summed E-state index contributed by atoms with van der Waals surface area (Å²) in [6.45, 7) is 5.67. The Morgan fingerprint density at radius 1 is 1.64 bits per heavy atom. The Morgan fingerprint density at radius 3 is 2.79 bits per heavy atom. The molecule has 0 radical (unpaired) electrons. The molecule has 76 valence electrons. The molecule has 1 nitrogen and oxygen atoms in total. The molecule has 0 aliphatic carbocycles. The Hall–Kier alpha value is -0.0600. The molecule has 0 saturated heterocycles. The Balaban J connectivity index is 2.85. The van der Waals surface area contributed by atoms with E-state index in [1.54, 1.807) is 6.07 Å². The summed E-state index contributed by atoms with van der Waals surface area (Å²) in [7, 11) is 0. The molecule has 0 aliphatic heterocycles. The second kappa shape index (κ2) is 5.14. The van der Waals surface area contributed by atoms with Crippen molar-refractivity contribution in [1.29, 1.82) is 0 Å². The fourth-order valence-corrected chi connectivity index (χ4v) is 1.69. The van der Waals surface area contributed by atoms with Gasteiger partial charge in [-0.15, -0.1) is 6.58 Å². The minimum atomic E-state index is -0.498. The van der Waals surface area contributed by atoms with E-state index in [0.717, 1.165) is 14.7 Å².